The summed E-state index contributed by atoms with van der Waals surface area (Å²) >= 11 is 3.38. The maximum absolute atomic E-state index is 12.2. The summed E-state index contributed by atoms with van der Waals surface area (Å²) in [7, 11) is 0. The Bertz CT molecular complexity index is 626. The van der Waals surface area contributed by atoms with Crippen molar-refractivity contribution in [1.82, 2.24) is 4.98 Å². The number of hydrogen-bond donors (Lipinski definition) is 2. The van der Waals surface area contributed by atoms with Gasteiger partial charge in [0.1, 0.15) is 5.82 Å². The maximum Gasteiger partial charge on any atom is 0.257 e. The van der Waals surface area contributed by atoms with Gasteiger partial charge < -0.3 is 10.6 Å². The van der Waals surface area contributed by atoms with E-state index in [1.807, 2.05) is 30.3 Å². The molecule has 0 radical (unpaired) electrons. The molecule has 2 rings (SSSR count). The first-order valence-corrected chi connectivity index (χ1v) is 8.11. The molecule has 4 nitrogen and oxygen atoms in total. The highest BCUT2D eigenvalue weighted by Gasteiger charge is 2.07. The van der Waals surface area contributed by atoms with Crippen molar-refractivity contribution in [3.05, 3.63) is 52.6 Å². The highest BCUT2D eigenvalue weighted by Crippen LogP contribution is 2.16. The predicted octanol–water partition coefficient (Wildman–Crippen LogP) is 4.55. The molecule has 0 aliphatic carbocycles. The summed E-state index contributed by atoms with van der Waals surface area (Å²) < 4.78 is 0.924. The minimum atomic E-state index is -0.167. The Kier molecular flexibility index (Phi) is 5.95. The van der Waals surface area contributed by atoms with Gasteiger partial charge in [-0.15, -0.1) is 0 Å². The number of benzene rings is 1. The van der Waals surface area contributed by atoms with Crippen LogP contribution in [0.25, 0.3) is 0 Å². The molecule has 2 N–H and O–H groups in total. The fourth-order valence-corrected chi connectivity index (χ4v) is 2.29. The molecule has 1 amide bonds. The third-order valence-electron chi connectivity index (χ3n) is 3.14. The van der Waals surface area contributed by atoms with Crippen molar-refractivity contribution in [3.8, 4) is 0 Å². The van der Waals surface area contributed by atoms with Crippen molar-refractivity contribution in [2.75, 3.05) is 17.2 Å². The second kappa shape index (κ2) is 7.94. The maximum atomic E-state index is 12.2. The van der Waals surface area contributed by atoms with Gasteiger partial charge >= 0.3 is 0 Å². The summed E-state index contributed by atoms with van der Waals surface area (Å²) in [5.74, 6) is 1.28. The lowest BCUT2D eigenvalue weighted by atomic mass is 10.1. The molecule has 1 heterocycles. The van der Waals surface area contributed by atoms with Crippen LogP contribution in [0.1, 0.15) is 30.6 Å². The first-order chi connectivity index (χ1) is 10.5. The molecule has 0 atom stereocenters. The summed E-state index contributed by atoms with van der Waals surface area (Å²) in [6, 6.07) is 11.1. The number of anilines is 2. The van der Waals surface area contributed by atoms with E-state index < -0.39 is 0 Å². The lowest BCUT2D eigenvalue weighted by molar-refractivity contribution is 0.102. The van der Waals surface area contributed by atoms with E-state index in [9.17, 15) is 4.79 Å². The largest absolute Gasteiger partial charge is 0.370 e. The third-order valence-corrected chi connectivity index (χ3v) is 3.63. The van der Waals surface area contributed by atoms with E-state index in [-0.39, 0.29) is 5.91 Å². The van der Waals surface area contributed by atoms with Gasteiger partial charge in [-0.2, -0.15) is 0 Å². The van der Waals surface area contributed by atoms with Gasteiger partial charge in [-0.1, -0.05) is 35.8 Å². The van der Waals surface area contributed by atoms with E-state index in [0.29, 0.717) is 11.5 Å². The molecule has 5 heteroatoms. The van der Waals surface area contributed by atoms with Crippen LogP contribution < -0.4 is 10.6 Å². The average molecular weight is 362 g/mol. The Morgan fingerprint density at radius 1 is 1.27 bits per heavy atom. The predicted molar refractivity (Wildman–Crippen MR) is 94.3 cm³/mol. The van der Waals surface area contributed by atoms with Gasteiger partial charge in [0.05, 0.1) is 5.56 Å². The molecule has 116 valence electrons. The van der Waals surface area contributed by atoms with Crippen LogP contribution in [0.2, 0.25) is 0 Å². The second-order valence-corrected chi connectivity index (χ2v) is 6.42. The second-order valence-electron chi connectivity index (χ2n) is 5.51. The molecule has 0 spiro atoms. The van der Waals surface area contributed by atoms with Crippen molar-refractivity contribution >= 4 is 33.3 Å². The van der Waals surface area contributed by atoms with E-state index in [0.717, 1.165) is 28.9 Å². The van der Waals surface area contributed by atoms with Crippen molar-refractivity contribution in [1.29, 1.82) is 0 Å². The molecular formula is C17H20BrN3O. The Labute approximate surface area is 139 Å². The third kappa shape index (κ3) is 5.15. The van der Waals surface area contributed by atoms with Crippen LogP contribution >= 0.6 is 15.9 Å². The van der Waals surface area contributed by atoms with E-state index in [1.165, 1.54) is 0 Å². The van der Waals surface area contributed by atoms with Crippen LogP contribution in [0, 0.1) is 5.92 Å². The minimum Gasteiger partial charge on any atom is -0.370 e. The van der Waals surface area contributed by atoms with Crippen molar-refractivity contribution < 1.29 is 4.79 Å². The Balaban J connectivity index is 1.93. The summed E-state index contributed by atoms with van der Waals surface area (Å²) in [6.07, 6.45) is 2.68. The Hall–Kier alpha value is -1.88. The minimum absolute atomic E-state index is 0.167. The van der Waals surface area contributed by atoms with Gasteiger partial charge in [-0.3, -0.25) is 4.79 Å². The van der Waals surface area contributed by atoms with E-state index in [1.54, 1.807) is 12.3 Å². The summed E-state index contributed by atoms with van der Waals surface area (Å²) in [5, 5.41) is 6.10. The number of aromatic nitrogens is 1. The Morgan fingerprint density at radius 3 is 2.73 bits per heavy atom. The molecule has 0 unspecified atom stereocenters. The normalized spacial score (nSPS) is 10.5. The number of halogens is 1. The number of nitrogens with one attached hydrogen (secondary N) is 2. The zero-order chi connectivity index (χ0) is 15.9. The lowest BCUT2D eigenvalue weighted by Crippen LogP contribution is -2.13. The molecule has 0 aliphatic rings. The first-order valence-electron chi connectivity index (χ1n) is 7.31. The quantitative estimate of drug-likeness (QED) is 0.792. The van der Waals surface area contributed by atoms with Crippen LogP contribution in [0.5, 0.6) is 0 Å². The highest BCUT2D eigenvalue weighted by atomic mass is 79.9. The van der Waals surface area contributed by atoms with Crippen LogP contribution in [0.15, 0.2) is 47.1 Å². The monoisotopic (exact) mass is 361 g/mol. The molecule has 0 saturated carbocycles. The number of hydrogen-bond acceptors (Lipinski definition) is 3. The van der Waals surface area contributed by atoms with Crippen LogP contribution in [-0.2, 0) is 0 Å². The SMILES string of the molecule is CC(C)CCNc1ccc(C(=O)Nc2cccc(Br)c2)cn1. The van der Waals surface area contributed by atoms with Gasteiger partial charge in [-0.05, 0) is 42.7 Å². The fraction of sp³-hybridized carbons (Fsp3) is 0.294. The van der Waals surface area contributed by atoms with Gasteiger partial charge in [0.2, 0.25) is 0 Å². The number of rotatable bonds is 6. The van der Waals surface area contributed by atoms with Crippen LogP contribution in [0.3, 0.4) is 0 Å². The summed E-state index contributed by atoms with van der Waals surface area (Å²) in [4.78, 5) is 16.4. The van der Waals surface area contributed by atoms with Gasteiger partial charge in [0, 0.05) is 22.9 Å². The van der Waals surface area contributed by atoms with Gasteiger partial charge in [-0.25, -0.2) is 4.98 Å². The van der Waals surface area contributed by atoms with Crippen LogP contribution in [-0.4, -0.2) is 17.4 Å². The zero-order valence-electron chi connectivity index (χ0n) is 12.8. The van der Waals surface area contributed by atoms with Gasteiger partial charge in [0.25, 0.3) is 5.91 Å². The van der Waals surface area contributed by atoms with Crippen molar-refractivity contribution in [3.63, 3.8) is 0 Å². The number of nitrogens with zero attached hydrogens (tertiary/aromatic N) is 1. The lowest BCUT2D eigenvalue weighted by Gasteiger charge is -2.09. The number of pyridine rings is 1. The summed E-state index contributed by atoms with van der Waals surface area (Å²) in [5.41, 5.74) is 1.29. The van der Waals surface area contributed by atoms with Crippen LogP contribution in [0.4, 0.5) is 11.5 Å². The standard InChI is InChI=1S/C17H20BrN3O/c1-12(2)8-9-19-16-7-6-13(11-20-16)17(22)21-15-5-3-4-14(18)10-15/h3-7,10-12H,8-9H2,1-2H3,(H,19,20)(H,21,22). The zero-order valence-corrected chi connectivity index (χ0v) is 14.4. The molecule has 0 saturated heterocycles. The molecule has 22 heavy (non-hydrogen) atoms. The van der Waals surface area contributed by atoms with Crippen molar-refractivity contribution in [2.24, 2.45) is 5.92 Å². The van der Waals surface area contributed by atoms with E-state index in [2.05, 4.69) is 45.4 Å². The first kappa shape index (κ1) is 16.5. The highest BCUT2D eigenvalue weighted by molar-refractivity contribution is 9.10. The fourth-order valence-electron chi connectivity index (χ4n) is 1.89. The molecule has 2 aromatic rings. The average Bonchev–Trinajstić information content (AvgIpc) is 2.47. The smallest absolute Gasteiger partial charge is 0.257 e. The van der Waals surface area contributed by atoms with E-state index >= 15 is 0 Å². The molecular weight excluding hydrogens is 342 g/mol. The summed E-state index contributed by atoms with van der Waals surface area (Å²) in [6.45, 7) is 5.25. The molecule has 0 aliphatic heterocycles. The van der Waals surface area contributed by atoms with Gasteiger partial charge in [0.15, 0.2) is 0 Å². The molecule has 1 aromatic carbocycles. The Morgan fingerprint density at radius 2 is 2.09 bits per heavy atom. The molecule has 0 fully saturated rings. The molecule has 0 bridgehead atoms. The molecule has 1 aromatic heterocycles. The number of carbonyl (C=O) groups excluding carboxylic acids is 1. The number of amides is 1. The van der Waals surface area contributed by atoms with E-state index in [4.69, 9.17) is 0 Å². The number of carbonyl (C=O) groups is 1. The van der Waals surface area contributed by atoms with Crippen molar-refractivity contribution in [2.45, 2.75) is 20.3 Å². The topological polar surface area (TPSA) is 54.0 Å².